The van der Waals surface area contributed by atoms with E-state index in [0.717, 1.165) is 32.0 Å². The van der Waals surface area contributed by atoms with Crippen LogP contribution in [0.3, 0.4) is 0 Å². The van der Waals surface area contributed by atoms with Crippen molar-refractivity contribution in [2.45, 2.75) is 0 Å². The number of carbonyl (C=O) groups excluding carboxylic acids is 1. The number of carbonyl (C=O) groups is 1. The van der Waals surface area contributed by atoms with Crippen LogP contribution in [0.4, 0.5) is 5.82 Å². The molecule has 0 spiro atoms. The van der Waals surface area contributed by atoms with Gasteiger partial charge in [-0.15, -0.1) is 0 Å². The van der Waals surface area contributed by atoms with Crippen LogP contribution in [0.25, 0.3) is 0 Å². The van der Waals surface area contributed by atoms with Crippen molar-refractivity contribution in [3.63, 3.8) is 0 Å². The summed E-state index contributed by atoms with van der Waals surface area (Å²) in [6.07, 6.45) is 1.35. The Hall–Kier alpha value is -0.620. The van der Waals surface area contributed by atoms with E-state index in [4.69, 9.17) is 0 Å². The van der Waals surface area contributed by atoms with Gasteiger partial charge in [0.15, 0.2) is 0 Å². The molecular formula is C11H14N3NaO2. The van der Waals surface area contributed by atoms with Crippen molar-refractivity contribution < 1.29 is 39.5 Å². The second-order valence-electron chi connectivity index (χ2n) is 3.98. The first kappa shape index (κ1) is 14.4. The SMILES string of the molecule is CN1CCN(c2ccc(C(=O)[O-])cn2)CC1.[Na+]. The van der Waals surface area contributed by atoms with Crippen molar-refractivity contribution in [3.8, 4) is 0 Å². The zero-order valence-corrected chi connectivity index (χ0v) is 12.2. The summed E-state index contributed by atoms with van der Waals surface area (Å²) in [5, 5.41) is 10.6. The minimum Gasteiger partial charge on any atom is -0.545 e. The third kappa shape index (κ3) is 3.67. The summed E-state index contributed by atoms with van der Waals surface area (Å²) in [6.45, 7) is 3.86. The number of hydrogen-bond donors (Lipinski definition) is 0. The number of anilines is 1. The van der Waals surface area contributed by atoms with Gasteiger partial charge in [0.2, 0.25) is 0 Å². The van der Waals surface area contributed by atoms with Crippen molar-refractivity contribution in [1.29, 1.82) is 0 Å². The second kappa shape index (κ2) is 6.35. The fraction of sp³-hybridized carbons (Fsp3) is 0.455. The minimum atomic E-state index is -1.18. The molecule has 0 amide bonds. The van der Waals surface area contributed by atoms with Gasteiger partial charge in [0.1, 0.15) is 5.82 Å². The fourth-order valence-corrected chi connectivity index (χ4v) is 1.73. The molecule has 2 rings (SSSR count). The predicted molar refractivity (Wildman–Crippen MR) is 58.3 cm³/mol. The molecule has 0 bridgehead atoms. The molecule has 0 N–H and O–H groups in total. The van der Waals surface area contributed by atoms with E-state index >= 15 is 0 Å². The Bertz CT molecular complexity index is 375. The van der Waals surface area contributed by atoms with E-state index in [1.807, 2.05) is 0 Å². The van der Waals surface area contributed by atoms with Crippen LogP contribution in [-0.4, -0.2) is 49.1 Å². The molecule has 1 aromatic heterocycles. The van der Waals surface area contributed by atoms with Crippen LogP contribution in [0.1, 0.15) is 10.4 Å². The van der Waals surface area contributed by atoms with Crippen LogP contribution in [0.15, 0.2) is 18.3 Å². The molecule has 5 nitrogen and oxygen atoms in total. The van der Waals surface area contributed by atoms with Crippen molar-refractivity contribution in [2.24, 2.45) is 0 Å². The molecule has 0 radical (unpaired) electrons. The molecule has 6 heteroatoms. The number of hydrogen-bond acceptors (Lipinski definition) is 5. The second-order valence-corrected chi connectivity index (χ2v) is 3.98. The monoisotopic (exact) mass is 243 g/mol. The quantitative estimate of drug-likeness (QED) is 0.499. The molecule has 17 heavy (non-hydrogen) atoms. The molecule has 1 fully saturated rings. The van der Waals surface area contributed by atoms with Gasteiger partial charge < -0.3 is 19.7 Å². The van der Waals surface area contributed by atoms with E-state index in [0.29, 0.717) is 0 Å². The average Bonchev–Trinajstić information content (AvgIpc) is 2.30. The van der Waals surface area contributed by atoms with Gasteiger partial charge in [-0.25, -0.2) is 4.98 Å². The maximum Gasteiger partial charge on any atom is 1.00 e. The van der Waals surface area contributed by atoms with E-state index < -0.39 is 5.97 Å². The van der Waals surface area contributed by atoms with Crippen molar-refractivity contribution >= 4 is 11.8 Å². The Kier molecular flexibility index (Phi) is 5.39. The molecule has 86 valence electrons. The van der Waals surface area contributed by atoms with Crippen LogP contribution in [0, 0.1) is 0 Å². The van der Waals surface area contributed by atoms with Gasteiger partial charge in [-0.05, 0) is 19.2 Å². The average molecular weight is 243 g/mol. The number of aromatic carboxylic acids is 1. The fourth-order valence-electron chi connectivity index (χ4n) is 1.73. The first-order chi connectivity index (χ1) is 7.66. The van der Waals surface area contributed by atoms with Gasteiger partial charge in [-0.1, -0.05) is 0 Å². The molecule has 1 aliphatic rings. The Morgan fingerprint density at radius 2 is 1.94 bits per heavy atom. The molecule has 1 saturated heterocycles. The zero-order chi connectivity index (χ0) is 11.5. The molecular weight excluding hydrogens is 229 g/mol. The molecule has 0 aromatic carbocycles. The van der Waals surface area contributed by atoms with Crippen molar-refractivity contribution in [3.05, 3.63) is 23.9 Å². The largest absolute Gasteiger partial charge is 1.00 e. The van der Waals surface area contributed by atoms with Crippen molar-refractivity contribution in [2.75, 3.05) is 38.1 Å². The molecule has 0 atom stereocenters. The summed E-state index contributed by atoms with van der Waals surface area (Å²) in [6, 6.07) is 3.27. The standard InChI is InChI=1S/C11H15N3O2.Na/c1-13-4-6-14(7-5-13)10-3-2-9(8-12-10)11(15)16;/h2-3,8H,4-7H2,1H3,(H,15,16);/q;+1/p-1. The number of rotatable bonds is 2. The van der Waals surface area contributed by atoms with Gasteiger partial charge in [-0.2, -0.15) is 0 Å². The van der Waals surface area contributed by atoms with Crippen LogP contribution in [0.2, 0.25) is 0 Å². The van der Waals surface area contributed by atoms with Crippen LogP contribution in [-0.2, 0) is 0 Å². The number of pyridine rings is 1. The predicted octanol–water partition coefficient (Wildman–Crippen LogP) is -3.80. The van der Waals surface area contributed by atoms with E-state index in [9.17, 15) is 9.90 Å². The normalized spacial score (nSPS) is 16.4. The zero-order valence-electron chi connectivity index (χ0n) is 10.2. The molecule has 1 aliphatic heterocycles. The van der Waals surface area contributed by atoms with Gasteiger partial charge in [0, 0.05) is 37.9 Å². The van der Waals surface area contributed by atoms with Crippen LogP contribution in [0.5, 0.6) is 0 Å². The first-order valence-corrected chi connectivity index (χ1v) is 5.28. The summed E-state index contributed by atoms with van der Waals surface area (Å²) >= 11 is 0. The Balaban J connectivity index is 0.00000144. The summed E-state index contributed by atoms with van der Waals surface area (Å²) in [5.41, 5.74) is 0.123. The molecule has 1 aromatic rings. The minimum absolute atomic E-state index is 0. The summed E-state index contributed by atoms with van der Waals surface area (Å²) in [7, 11) is 2.09. The van der Waals surface area contributed by atoms with Crippen LogP contribution < -0.4 is 39.6 Å². The molecule has 0 aliphatic carbocycles. The Labute approximate surface area is 123 Å². The molecule has 2 heterocycles. The molecule has 0 saturated carbocycles. The number of likely N-dealkylation sites (N-methyl/N-ethyl adjacent to an activating group) is 1. The first-order valence-electron chi connectivity index (χ1n) is 5.28. The van der Waals surface area contributed by atoms with Gasteiger partial charge in [0.25, 0.3) is 0 Å². The van der Waals surface area contributed by atoms with Gasteiger partial charge in [-0.3, -0.25) is 0 Å². The maximum atomic E-state index is 10.6. The smallest absolute Gasteiger partial charge is 0.545 e. The van der Waals surface area contributed by atoms with E-state index in [2.05, 4.69) is 21.8 Å². The van der Waals surface area contributed by atoms with Gasteiger partial charge in [0.05, 0.1) is 5.97 Å². The Morgan fingerprint density at radius 3 is 2.41 bits per heavy atom. The number of aromatic nitrogens is 1. The maximum absolute atomic E-state index is 10.6. The van der Waals surface area contributed by atoms with E-state index in [1.165, 1.54) is 12.3 Å². The topological polar surface area (TPSA) is 59.5 Å². The summed E-state index contributed by atoms with van der Waals surface area (Å²) < 4.78 is 0. The summed E-state index contributed by atoms with van der Waals surface area (Å²) in [5.74, 6) is -0.351. The van der Waals surface area contributed by atoms with Gasteiger partial charge >= 0.3 is 29.6 Å². The van der Waals surface area contributed by atoms with E-state index in [1.54, 1.807) is 6.07 Å². The third-order valence-corrected chi connectivity index (χ3v) is 2.81. The third-order valence-electron chi connectivity index (χ3n) is 2.81. The molecule has 0 unspecified atom stereocenters. The number of carboxylic acids is 1. The number of carboxylic acid groups (broad SMARTS) is 1. The van der Waals surface area contributed by atoms with E-state index in [-0.39, 0.29) is 35.1 Å². The number of piperazine rings is 1. The number of nitrogens with zero attached hydrogens (tertiary/aromatic N) is 3. The van der Waals surface area contributed by atoms with Crippen LogP contribution >= 0.6 is 0 Å². The summed E-state index contributed by atoms with van der Waals surface area (Å²) in [4.78, 5) is 19.1. The van der Waals surface area contributed by atoms with Crippen molar-refractivity contribution in [1.82, 2.24) is 9.88 Å². The Morgan fingerprint density at radius 1 is 1.29 bits per heavy atom.